The lowest BCUT2D eigenvalue weighted by molar-refractivity contribution is -0.0681. The molecule has 3 fully saturated rings. The topological polar surface area (TPSA) is 40.5 Å². The van der Waals surface area contributed by atoms with Gasteiger partial charge in [-0.3, -0.25) is 0 Å². The number of hydrogen-bond donors (Lipinski definition) is 2. The van der Waals surface area contributed by atoms with Crippen LogP contribution in [0.4, 0.5) is 0 Å². The first-order valence-electron chi connectivity index (χ1n) is 12.7. The predicted octanol–water partition coefficient (Wildman–Crippen LogP) is 6.36. The molecule has 0 aromatic rings. The van der Waals surface area contributed by atoms with E-state index >= 15 is 0 Å². The molecule has 0 heterocycles. The first kappa shape index (κ1) is 21.9. The summed E-state index contributed by atoms with van der Waals surface area (Å²) in [5.74, 6) is 4.25. The van der Waals surface area contributed by atoms with Gasteiger partial charge in [0, 0.05) is 0 Å². The summed E-state index contributed by atoms with van der Waals surface area (Å²) in [6, 6.07) is 0. The molecule has 0 radical (unpaired) electrons. The molecule has 4 aliphatic carbocycles. The Kier molecular flexibility index (Phi) is 6.01. The summed E-state index contributed by atoms with van der Waals surface area (Å²) in [5.41, 5.74) is 2.33. The highest BCUT2D eigenvalue weighted by molar-refractivity contribution is 5.25. The Morgan fingerprint density at radius 3 is 2.48 bits per heavy atom. The minimum absolute atomic E-state index is 0.108. The zero-order valence-electron chi connectivity index (χ0n) is 19.7. The fourth-order valence-electron chi connectivity index (χ4n) is 8.58. The maximum Gasteiger partial charge on any atom is 0.0577 e. The Labute approximate surface area is 179 Å². The molecule has 9 atom stereocenters. The van der Waals surface area contributed by atoms with Gasteiger partial charge in [-0.2, -0.15) is 0 Å². The number of hydrogen-bond acceptors (Lipinski definition) is 2. The van der Waals surface area contributed by atoms with Gasteiger partial charge in [0.25, 0.3) is 0 Å². The first-order valence-corrected chi connectivity index (χ1v) is 12.7. The Bertz CT molecular complexity index is 624. The van der Waals surface area contributed by atoms with E-state index in [2.05, 4.69) is 40.7 Å². The second-order valence-electron chi connectivity index (χ2n) is 12.3. The maximum atomic E-state index is 11.0. The van der Waals surface area contributed by atoms with Gasteiger partial charge in [0.1, 0.15) is 0 Å². The average molecular weight is 403 g/mol. The van der Waals surface area contributed by atoms with Crippen molar-refractivity contribution in [3.05, 3.63) is 11.6 Å². The van der Waals surface area contributed by atoms with Crippen molar-refractivity contribution in [1.82, 2.24) is 0 Å². The molecule has 0 aromatic heterocycles. The lowest BCUT2D eigenvalue weighted by atomic mass is 9.47. The number of allylic oxidation sites excluding steroid dienone is 1. The van der Waals surface area contributed by atoms with E-state index in [1.165, 1.54) is 38.5 Å². The van der Waals surface area contributed by atoms with E-state index in [0.29, 0.717) is 28.6 Å². The summed E-state index contributed by atoms with van der Waals surface area (Å²) < 4.78 is 0. The highest BCUT2D eigenvalue weighted by Gasteiger charge is 2.59. The van der Waals surface area contributed by atoms with Gasteiger partial charge in [0.05, 0.1) is 12.2 Å². The van der Waals surface area contributed by atoms with Gasteiger partial charge in [-0.05, 0) is 111 Å². The van der Waals surface area contributed by atoms with Gasteiger partial charge >= 0.3 is 0 Å². The van der Waals surface area contributed by atoms with Crippen molar-refractivity contribution in [3.63, 3.8) is 0 Å². The number of aliphatic hydroxyl groups is 2. The zero-order chi connectivity index (χ0) is 21.0. The van der Waals surface area contributed by atoms with Gasteiger partial charge in [-0.25, -0.2) is 0 Å². The van der Waals surface area contributed by atoms with Crippen LogP contribution in [0.3, 0.4) is 0 Å². The summed E-state index contributed by atoms with van der Waals surface area (Å²) in [5, 5.41) is 21.2. The lowest BCUT2D eigenvalue weighted by Crippen LogP contribution is -2.51. The van der Waals surface area contributed by atoms with E-state index in [4.69, 9.17) is 0 Å². The summed E-state index contributed by atoms with van der Waals surface area (Å²) in [6.07, 6.45) is 14.1. The first-order chi connectivity index (χ1) is 13.7. The van der Waals surface area contributed by atoms with Crippen LogP contribution >= 0.6 is 0 Å². The van der Waals surface area contributed by atoms with Crippen molar-refractivity contribution in [2.24, 2.45) is 46.3 Å². The van der Waals surface area contributed by atoms with Crippen LogP contribution in [0.15, 0.2) is 11.6 Å². The third-order valence-corrected chi connectivity index (χ3v) is 10.4. The molecule has 0 saturated heterocycles. The highest BCUT2D eigenvalue weighted by Crippen LogP contribution is 2.67. The quantitative estimate of drug-likeness (QED) is 0.525. The molecule has 0 unspecified atom stereocenters. The standard InChI is InChI=1S/C27H46O2/c1-17(2)6-11-25(29)18(3)22-9-10-23-21-8-7-19-16-20(28)12-14-26(19,4)24(21)13-15-27(22,23)5/h7,17-18,20-25,28-29H,6,8-16H2,1-5H3/t18-,20+,21+,22-,23+,24+,25-,26+,27-/m1/s1. The molecule has 0 bridgehead atoms. The van der Waals surface area contributed by atoms with Gasteiger partial charge in [0.15, 0.2) is 0 Å². The Balaban J connectivity index is 1.51. The van der Waals surface area contributed by atoms with Gasteiger partial charge in [-0.1, -0.05) is 46.3 Å². The minimum atomic E-state index is -0.133. The van der Waals surface area contributed by atoms with Crippen LogP contribution in [0, 0.1) is 46.3 Å². The van der Waals surface area contributed by atoms with Crippen LogP contribution in [0.1, 0.15) is 98.8 Å². The smallest absolute Gasteiger partial charge is 0.0577 e. The fourth-order valence-corrected chi connectivity index (χ4v) is 8.58. The summed E-state index contributed by atoms with van der Waals surface area (Å²) in [6.45, 7) is 12.0. The molecule has 0 aromatic carbocycles. The number of aliphatic hydroxyl groups excluding tert-OH is 2. The summed E-state index contributed by atoms with van der Waals surface area (Å²) in [7, 11) is 0. The zero-order valence-corrected chi connectivity index (χ0v) is 19.7. The molecule has 0 amide bonds. The van der Waals surface area contributed by atoms with Gasteiger partial charge < -0.3 is 10.2 Å². The van der Waals surface area contributed by atoms with Crippen molar-refractivity contribution < 1.29 is 10.2 Å². The predicted molar refractivity (Wildman–Crippen MR) is 120 cm³/mol. The van der Waals surface area contributed by atoms with E-state index in [0.717, 1.165) is 43.4 Å². The summed E-state index contributed by atoms with van der Waals surface area (Å²) in [4.78, 5) is 0. The van der Waals surface area contributed by atoms with E-state index in [1.807, 2.05) is 0 Å². The molecule has 166 valence electrons. The van der Waals surface area contributed by atoms with Crippen LogP contribution in [0.25, 0.3) is 0 Å². The van der Waals surface area contributed by atoms with E-state index in [9.17, 15) is 10.2 Å². The molecule has 2 heteroatoms. The Morgan fingerprint density at radius 2 is 1.76 bits per heavy atom. The van der Waals surface area contributed by atoms with E-state index in [-0.39, 0.29) is 12.2 Å². The molecular weight excluding hydrogens is 356 g/mol. The van der Waals surface area contributed by atoms with Gasteiger partial charge in [0.2, 0.25) is 0 Å². The minimum Gasteiger partial charge on any atom is -0.393 e. The molecule has 0 aliphatic heterocycles. The van der Waals surface area contributed by atoms with Crippen LogP contribution in [-0.4, -0.2) is 22.4 Å². The van der Waals surface area contributed by atoms with Crippen molar-refractivity contribution in [1.29, 1.82) is 0 Å². The fraction of sp³-hybridized carbons (Fsp3) is 0.926. The molecule has 0 spiro atoms. The van der Waals surface area contributed by atoms with E-state index < -0.39 is 0 Å². The molecule has 2 N–H and O–H groups in total. The van der Waals surface area contributed by atoms with Crippen molar-refractivity contribution in [2.75, 3.05) is 0 Å². The molecule has 2 nitrogen and oxygen atoms in total. The largest absolute Gasteiger partial charge is 0.393 e. The maximum absolute atomic E-state index is 11.0. The SMILES string of the molecule is CC(C)CC[C@@H](O)[C@H](C)[C@H]1CC[C@H]2[C@@H]3CC=C4C[C@@H](O)CC[C@]4(C)[C@H]3CC[C@]12C. The Hall–Kier alpha value is -0.340. The van der Waals surface area contributed by atoms with E-state index in [1.54, 1.807) is 5.57 Å². The second-order valence-corrected chi connectivity index (χ2v) is 12.3. The van der Waals surface area contributed by atoms with Gasteiger partial charge in [-0.15, -0.1) is 0 Å². The molecule has 29 heavy (non-hydrogen) atoms. The van der Waals surface area contributed by atoms with Crippen molar-refractivity contribution >= 4 is 0 Å². The summed E-state index contributed by atoms with van der Waals surface area (Å²) >= 11 is 0. The monoisotopic (exact) mass is 402 g/mol. The van der Waals surface area contributed by atoms with Crippen LogP contribution in [0.2, 0.25) is 0 Å². The normalized spacial score (nSPS) is 46.5. The lowest BCUT2D eigenvalue weighted by Gasteiger charge is -2.58. The van der Waals surface area contributed by atoms with Crippen molar-refractivity contribution in [3.8, 4) is 0 Å². The number of fused-ring (bicyclic) bond motifs is 5. The third-order valence-electron chi connectivity index (χ3n) is 10.4. The van der Waals surface area contributed by atoms with Crippen LogP contribution in [0.5, 0.6) is 0 Å². The highest BCUT2D eigenvalue weighted by atomic mass is 16.3. The van der Waals surface area contributed by atoms with Crippen molar-refractivity contribution in [2.45, 2.75) is 111 Å². The molecule has 4 rings (SSSR count). The average Bonchev–Trinajstić information content (AvgIpc) is 3.03. The molecular formula is C27H46O2. The number of rotatable bonds is 5. The Morgan fingerprint density at radius 1 is 1.00 bits per heavy atom. The second kappa shape index (κ2) is 7.97. The third kappa shape index (κ3) is 3.65. The van der Waals surface area contributed by atoms with Crippen LogP contribution in [-0.2, 0) is 0 Å². The molecule has 4 aliphatic rings. The molecule has 3 saturated carbocycles. The van der Waals surface area contributed by atoms with Crippen LogP contribution < -0.4 is 0 Å².